The molecule has 1 unspecified atom stereocenters. The highest BCUT2D eigenvalue weighted by molar-refractivity contribution is 8.68. The number of esters is 1. The monoisotopic (exact) mass is 316 g/mol. The molecule has 0 spiro atoms. The maximum atomic E-state index is 11.4. The number of ether oxygens (including phenoxy) is 2. The minimum Gasteiger partial charge on any atom is -0.434 e. The van der Waals surface area contributed by atoms with Gasteiger partial charge in [0, 0.05) is 19.5 Å². The molecule has 0 saturated heterocycles. The smallest absolute Gasteiger partial charge is 0.434 e. The molecule has 0 saturated carbocycles. The molecule has 0 aromatic rings. The Balaban J connectivity index is 4.16. The molecule has 1 atom stereocenters. The standard InChI is InChI=1S/C9H17O6PS2/c1-5-14-9(11)15-8(10)6-7(2)18-16(17,12-3)13-4/h7H,5-6H2,1-4H3. The van der Waals surface area contributed by atoms with Crippen molar-refractivity contribution in [3.05, 3.63) is 0 Å². The summed E-state index contributed by atoms with van der Waals surface area (Å²) in [5, 5.41) is -0.183. The number of carbonyl (C=O) groups is 2. The van der Waals surface area contributed by atoms with Crippen LogP contribution in [0.1, 0.15) is 20.3 Å². The molecule has 18 heavy (non-hydrogen) atoms. The first kappa shape index (κ1) is 17.9. The molecule has 0 aliphatic heterocycles. The molecule has 6 nitrogen and oxygen atoms in total. The van der Waals surface area contributed by atoms with E-state index in [9.17, 15) is 9.59 Å². The van der Waals surface area contributed by atoms with Crippen molar-refractivity contribution >= 4 is 41.0 Å². The van der Waals surface area contributed by atoms with Crippen LogP contribution >= 0.6 is 17.1 Å². The van der Waals surface area contributed by atoms with Crippen LogP contribution < -0.4 is 0 Å². The zero-order chi connectivity index (χ0) is 14.2. The van der Waals surface area contributed by atoms with E-state index in [1.807, 2.05) is 0 Å². The second-order valence-corrected chi connectivity index (χ2v) is 9.94. The number of hydrogen-bond acceptors (Lipinski definition) is 8. The Morgan fingerprint density at radius 2 is 1.89 bits per heavy atom. The fourth-order valence-corrected chi connectivity index (χ4v) is 5.29. The molecular weight excluding hydrogens is 299 g/mol. The minimum atomic E-state index is -2.41. The van der Waals surface area contributed by atoms with Crippen molar-refractivity contribution in [3.63, 3.8) is 0 Å². The van der Waals surface area contributed by atoms with E-state index in [1.165, 1.54) is 25.6 Å². The van der Waals surface area contributed by atoms with Crippen LogP contribution in [0.3, 0.4) is 0 Å². The summed E-state index contributed by atoms with van der Waals surface area (Å²) in [6.07, 6.45) is -0.966. The van der Waals surface area contributed by atoms with Crippen molar-refractivity contribution in [1.29, 1.82) is 0 Å². The first-order valence-electron chi connectivity index (χ1n) is 5.14. The molecule has 9 heteroatoms. The second kappa shape index (κ2) is 8.87. The normalized spacial score (nSPS) is 12.9. The summed E-state index contributed by atoms with van der Waals surface area (Å²) in [4.78, 5) is 22.3. The third-order valence-electron chi connectivity index (χ3n) is 1.67. The Morgan fingerprint density at radius 3 is 2.33 bits per heavy atom. The van der Waals surface area contributed by atoms with E-state index >= 15 is 0 Å². The van der Waals surface area contributed by atoms with E-state index in [0.717, 1.165) is 0 Å². The number of rotatable bonds is 7. The van der Waals surface area contributed by atoms with E-state index in [0.29, 0.717) is 0 Å². The van der Waals surface area contributed by atoms with E-state index in [1.54, 1.807) is 13.8 Å². The Kier molecular flexibility index (Phi) is 8.81. The van der Waals surface area contributed by atoms with Crippen LogP contribution in [0.5, 0.6) is 0 Å². The Hall–Kier alpha value is -0.140. The van der Waals surface area contributed by atoms with Gasteiger partial charge in [-0.15, -0.1) is 0 Å². The molecule has 106 valence electrons. The van der Waals surface area contributed by atoms with Gasteiger partial charge in [-0.3, -0.25) is 4.79 Å². The average Bonchev–Trinajstić information content (AvgIpc) is 2.28. The van der Waals surface area contributed by atoms with Gasteiger partial charge in [0.15, 0.2) is 0 Å². The minimum absolute atomic E-state index is 0.0224. The summed E-state index contributed by atoms with van der Waals surface area (Å²) in [5.74, 6) is -0.665. The molecule has 0 fully saturated rings. The van der Waals surface area contributed by atoms with Gasteiger partial charge in [-0.05, 0) is 18.7 Å². The Labute approximate surface area is 116 Å². The Bertz CT molecular complexity index is 327. The van der Waals surface area contributed by atoms with Gasteiger partial charge in [-0.25, -0.2) is 4.79 Å². The molecule has 0 rings (SSSR count). The lowest BCUT2D eigenvalue weighted by atomic mass is 10.3. The predicted molar refractivity (Wildman–Crippen MR) is 73.1 cm³/mol. The van der Waals surface area contributed by atoms with Crippen LogP contribution in [0.15, 0.2) is 0 Å². The largest absolute Gasteiger partial charge is 0.516 e. The molecule has 0 heterocycles. The SMILES string of the molecule is CCOC(=O)OC(=O)CC(C)SP(=S)(OC)OC. The lowest BCUT2D eigenvalue weighted by molar-refractivity contribution is -0.139. The average molecular weight is 316 g/mol. The molecule has 0 aromatic carbocycles. The van der Waals surface area contributed by atoms with E-state index in [-0.39, 0.29) is 18.3 Å². The second-order valence-electron chi connectivity index (χ2n) is 3.09. The van der Waals surface area contributed by atoms with Gasteiger partial charge in [-0.1, -0.05) is 18.3 Å². The highest BCUT2D eigenvalue weighted by Crippen LogP contribution is 2.61. The fraction of sp³-hybridized carbons (Fsp3) is 0.778. The van der Waals surface area contributed by atoms with Crippen LogP contribution in [0.2, 0.25) is 0 Å². The van der Waals surface area contributed by atoms with Crippen LogP contribution in [0, 0.1) is 0 Å². The lowest BCUT2D eigenvalue weighted by Crippen LogP contribution is -2.16. The summed E-state index contributed by atoms with van der Waals surface area (Å²) in [6.45, 7) is 3.55. The van der Waals surface area contributed by atoms with Gasteiger partial charge in [0.25, 0.3) is 0 Å². The highest BCUT2D eigenvalue weighted by atomic mass is 32.9. The van der Waals surface area contributed by atoms with Gasteiger partial charge in [0.2, 0.25) is 5.69 Å². The van der Waals surface area contributed by atoms with Crippen molar-refractivity contribution in [3.8, 4) is 0 Å². The van der Waals surface area contributed by atoms with Crippen LogP contribution in [-0.4, -0.2) is 38.2 Å². The van der Waals surface area contributed by atoms with Gasteiger partial charge in [0.1, 0.15) is 0 Å². The quantitative estimate of drug-likeness (QED) is 0.403. The summed E-state index contributed by atoms with van der Waals surface area (Å²) in [7, 11) is 2.92. The molecule has 0 amide bonds. The number of hydrogen-bond donors (Lipinski definition) is 0. The van der Waals surface area contributed by atoms with Crippen LogP contribution in [0.4, 0.5) is 4.79 Å². The highest BCUT2D eigenvalue weighted by Gasteiger charge is 2.23. The number of carbonyl (C=O) groups excluding carboxylic acids is 2. The molecule has 0 aliphatic rings. The molecular formula is C9H17O6PS2. The van der Waals surface area contributed by atoms with E-state index in [4.69, 9.17) is 20.9 Å². The van der Waals surface area contributed by atoms with E-state index < -0.39 is 17.8 Å². The zero-order valence-corrected chi connectivity index (χ0v) is 13.2. The lowest BCUT2D eigenvalue weighted by Gasteiger charge is -2.20. The Morgan fingerprint density at radius 1 is 1.33 bits per heavy atom. The van der Waals surface area contributed by atoms with Gasteiger partial charge in [0.05, 0.1) is 13.0 Å². The van der Waals surface area contributed by atoms with Crippen molar-refractivity contribution in [2.45, 2.75) is 25.5 Å². The van der Waals surface area contributed by atoms with Gasteiger partial charge in [-0.2, -0.15) is 0 Å². The third kappa shape index (κ3) is 7.33. The van der Waals surface area contributed by atoms with Crippen molar-refractivity contribution in [1.82, 2.24) is 0 Å². The van der Waals surface area contributed by atoms with Crippen LogP contribution in [-0.2, 0) is 35.1 Å². The first-order valence-corrected chi connectivity index (χ1v) is 9.26. The van der Waals surface area contributed by atoms with Gasteiger partial charge < -0.3 is 18.5 Å². The van der Waals surface area contributed by atoms with Gasteiger partial charge >= 0.3 is 12.1 Å². The van der Waals surface area contributed by atoms with Crippen molar-refractivity contribution < 1.29 is 28.1 Å². The van der Waals surface area contributed by atoms with Crippen LogP contribution in [0.25, 0.3) is 0 Å². The van der Waals surface area contributed by atoms with Crippen molar-refractivity contribution in [2.24, 2.45) is 0 Å². The molecule has 0 radical (unpaired) electrons. The fourth-order valence-electron chi connectivity index (χ4n) is 0.935. The van der Waals surface area contributed by atoms with E-state index in [2.05, 4.69) is 9.47 Å². The summed E-state index contributed by atoms with van der Waals surface area (Å²) < 4.78 is 19.1. The predicted octanol–water partition coefficient (Wildman–Crippen LogP) is 2.72. The third-order valence-corrected chi connectivity index (χ3v) is 7.77. The first-order chi connectivity index (χ1) is 8.36. The molecule has 0 aromatic heterocycles. The molecule has 0 aliphatic carbocycles. The summed E-state index contributed by atoms with van der Waals surface area (Å²) in [6, 6.07) is 0. The maximum Gasteiger partial charge on any atom is 0.516 e. The molecule has 0 bridgehead atoms. The van der Waals surface area contributed by atoms with Crippen molar-refractivity contribution in [2.75, 3.05) is 20.8 Å². The maximum absolute atomic E-state index is 11.4. The topological polar surface area (TPSA) is 71.1 Å². The summed E-state index contributed by atoms with van der Waals surface area (Å²) in [5.41, 5.74) is -2.41. The molecule has 0 N–H and O–H groups in total. The summed E-state index contributed by atoms with van der Waals surface area (Å²) >= 11 is 6.39. The zero-order valence-electron chi connectivity index (χ0n) is 10.7.